The normalized spacial score (nSPS) is 17.1. The van der Waals surface area contributed by atoms with Crippen LogP contribution >= 0.6 is 0 Å². The van der Waals surface area contributed by atoms with Crippen LogP contribution in [0, 0.1) is 11.7 Å². The van der Waals surface area contributed by atoms with E-state index in [1.807, 2.05) is 4.90 Å². The minimum Gasteiger partial charge on any atom is -0.490 e. The first kappa shape index (κ1) is 19.4. The number of carbonyl (C=O) groups is 2. The van der Waals surface area contributed by atoms with Gasteiger partial charge in [0.1, 0.15) is 17.7 Å². The Hall–Kier alpha value is -2.89. The Morgan fingerprint density at radius 3 is 2.41 bits per heavy atom. The fraction of sp³-hybridized carbons (Fsp3) is 0.391. The van der Waals surface area contributed by atoms with Crippen LogP contribution in [-0.2, 0) is 11.3 Å². The number of hydrogen-bond donors (Lipinski definition) is 1. The third kappa shape index (κ3) is 5.13. The van der Waals surface area contributed by atoms with E-state index >= 15 is 0 Å². The van der Waals surface area contributed by atoms with E-state index in [0.717, 1.165) is 44.5 Å². The molecule has 0 bridgehead atoms. The van der Waals surface area contributed by atoms with E-state index < -0.39 is 0 Å². The molecule has 6 heteroatoms. The monoisotopic (exact) mass is 396 g/mol. The van der Waals surface area contributed by atoms with Gasteiger partial charge in [-0.2, -0.15) is 0 Å². The van der Waals surface area contributed by atoms with Crippen LogP contribution in [-0.4, -0.2) is 35.9 Å². The Morgan fingerprint density at radius 1 is 1.03 bits per heavy atom. The van der Waals surface area contributed by atoms with Gasteiger partial charge in [-0.1, -0.05) is 12.1 Å². The molecular weight excluding hydrogens is 371 g/mol. The summed E-state index contributed by atoms with van der Waals surface area (Å²) in [6.45, 7) is 1.77. The zero-order valence-corrected chi connectivity index (χ0v) is 16.3. The number of amides is 2. The Morgan fingerprint density at radius 2 is 1.76 bits per heavy atom. The van der Waals surface area contributed by atoms with Crippen molar-refractivity contribution < 1.29 is 18.7 Å². The van der Waals surface area contributed by atoms with Gasteiger partial charge in [0.2, 0.25) is 5.91 Å². The molecule has 0 spiro atoms. The maximum absolute atomic E-state index is 13.2. The van der Waals surface area contributed by atoms with E-state index in [1.165, 1.54) is 12.1 Å². The number of ether oxygens (including phenoxy) is 1. The first-order chi connectivity index (χ1) is 14.1. The number of piperidine rings is 1. The van der Waals surface area contributed by atoms with E-state index in [4.69, 9.17) is 4.74 Å². The Kier molecular flexibility index (Phi) is 5.79. The summed E-state index contributed by atoms with van der Waals surface area (Å²) in [5, 5.41) is 2.79. The van der Waals surface area contributed by atoms with E-state index in [0.29, 0.717) is 17.0 Å². The van der Waals surface area contributed by atoms with Crippen LogP contribution in [0.2, 0.25) is 0 Å². The molecule has 5 nitrogen and oxygen atoms in total. The van der Waals surface area contributed by atoms with Gasteiger partial charge in [0.25, 0.3) is 5.91 Å². The highest BCUT2D eigenvalue weighted by atomic mass is 19.1. The molecule has 2 aromatic carbocycles. The standard InChI is InChI=1S/C23H25FN2O3/c24-19-3-1-2-16(14-19)15-25-22(27)17-6-8-20(9-7-17)29-21-10-12-26(13-11-21)23(28)18-4-5-18/h1-3,6-9,14,18,21H,4-5,10-13,15H2,(H,25,27). The molecule has 1 aliphatic heterocycles. The van der Waals surface area contributed by atoms with Crippen molar-refractivity contribution in [2.45, 2.75) is 38.3 Å². The number of carbonyl (C=O) groups excluding carboxylic acids is 2. The Labute approximate surface area is 169 Å². The number of benzene rings is 2. The van der Waals surface area contributed by atoms with Crippen molar-refractivity contribution in [3.8, 4) is 5.75 Å². The zero-order chi connectivity index (χ0) is 20.2. The fourth-order valence-corrected chi connectivity index (χ4v) is 3.59. The van der Waals surface area contributed by atoms with Gasteiger partial charge in [-0.05, 0) is 54.8 Å². The second-order valence-corrected chi connectivity index (χ2v) is 7.75. The van der Waals surface area contributed by atoms with Crippen molar-refractivity contribution in [1.29, 1.82) is 0 Å². The van der Waals surface area contributed by atoms with Crippen molar-refractivity contribution in [3.05, 3.63) is 65.5 Å². The SMILES string of the molecule is O=C(NCc1cccc(F)c1)c1ccc(OC2CCN(C(=O)C3CC3)CC2)cc1. The minimum atomic E-state index is -0.319. The van der Waals surface area contributed by atoms with Crippen molar-refractivity contribution >= 4 is 11.8 Å². The lowest BCUT2D eigenvalue weighted by atomic mass is 10.1. The maximum Gasteiger partial charge on any atom is 0.251 e. The summed E-state index contributed by atoms with van der Waals surface area (Å²) >= 11 is 0. The lowest BCUT2D eigenvalue weighted by molar-refractivity contribution is -0.134. The third-order valence-electron chi connectivity index (χ3n) is 5.44. The van der Waals surface area contributed by atoms with Gasteiger partial charge in [-0.3, -0.25) is 9.59 Å². The molecule has 2 aliphatic rings. The van der Waals surface area contributed by atoms with Crippen LogP contribution in [0.25, 0.3) is 0 Å². The van der Waals surface area contributed by atoms with E-state index in [1.54, 1.807) is 36.4 Å². The van der Waals surface area contributed by atoms with Gasteiger partial charge in [-0.25, -0.2) is 4.39 Å². The average Bonchev–Trinajstić information content (AvgIpc) is 3.58. The molecule has 1 saturated heterocycles. The summed E-state index contributed by atoms with van der Waals surface area (Å²) in [6.07, 6.45) is 3.82. The van der Waals surface area contributed by atoms with Crippen molar-refractivity contribution in [1.82, 2.24) is 10.2 Å². The van der Waals surface area contributed by atoms with E-state index in [-0.39, 0.29) is 30.3 Å². The molecule has 2 fully saturated rings. The van der Waals surface area contributed by atoms with Gasteiger partial charge in [0.15, 0.2) is 0 Å². The highest BCUT2D eigenvalue weighted by Crippen LogP contribution is 2.32. The number of halogens is 1. The largest absolute Gasteiger partial charge is 0.490 e. The van der Waals surface area contributed by atoms with Crippen LogP contribution in [0.3, 0.4) is 0 Å². The number of nitrogens with zero attached hydrogens (tertiary/aromatic N) is 1. The molecular formula is C23H25FN2O3. The third-order valence-corrected chi connectivity index (χ3v) is 5.44. The smallest absolute Gasteiger partial charge is 0.251 e. The van der Waals surface area contributed by atoms with Gasteiger partial charge in [0.05, 0.1) is 0 Å². The van der Waals surface area contributed by atoms with Crippen LogP contribution in [0.5, 0.6) is 5.75 Å². The molecule has 2 aromatic rings. The highest BCUT2D eigenvalue weighted by molar-refractivity contribution is 5.94. The molecule has 4 rings (SSSR count). The fourth-order valence-electron chi connectivity index (χ4n) is 3.59. The second-order valence-electron chi connectivity index (χ2n) is 7.75. The summed E-state index contributed by atoms with van der Waals surface area (Å²) < 4.78 is 19.2. The molecule has 152 valence electrons. The summed E-state index contributed by atoms with van der Waals surface area (Å²) in [7, 11) is 0. The van der Waals surface area contributed by atoms with Crippen molar-refractivity contribution in [3.63, 3.8) is 0 Å². The van der Waals surface area contributed by atoms with Gasteiger partial charge >= 0.3 is 0 Å². The van der Waals surface area contributed by atoms with Gasteiger partial charge < -0.3 is 15.0 Å². The lowest BCUT2D eigenvalue weighted by Crippen LogP contribution is -2.42. The van der Waals surface area contributed by atoms with E-state index in [2.05, 4.69) is 5.32 Å². The summed E-state index contributed by atoms with van der Waals surface area (Å²) in [5.41, 5.74) is 1.24. The molecule has 1 saturated carbocycles. The van der Waals surface area contributed by atoms with Crippen LogP contribution in [0.4, 0.5) is 4.39 Å². The van der Waals surface area contributed by atoms with E-state index in [9.17, 15) is 14.0 Å². The lowest BCUT2D eigenvalue weighted by Gasteiger charge is -2.32. The van der Waals surface area contributed by atoms with Crippen molar-refractivity contribution in [2.24, 2.45) is 5.92 Å². The molecule has 1 aliphatic carbocycles. The first-order valence-electron chi connectivity index (χ1n) is 10.2. The number of nitrogens with one attached hydrogen (secondary N) is 1. The topological polar surface area (TPSA) is 58.6 Å². The Balaban J connectivity index is 1.24. The van der Waals surface area contributed by atoms with Crippen LogP contribution in [0.1, 0.15) is 41.6 Å². The molecule has 0 aromatic heterocycles. The average molecular weight is 396 g/mol. The quantitative estimate of drug-likeness (QED) is 0.813. The van der Waals surface area contributed by atoms with Crippen LogP contribution < -0.4 is 10.1 Å². The molecule has 0 atom stereocenters. The molecule has 1 heterocycles. The molecule has 1 N–H and O–H groups in total. The minimum absolute atomic E-state index is 0.0888. The number of hydrogen-bond acceptors (Lipinski definition) is 3. The first-order valence-corrected chi connectivity index (χ1v) is 10.2. The molecule has 2 amide bonds. The highest BCUT2D eigenvalue weighted by Gasteiger charge is 2.35. The molecule has 0 radical (unpaired) electrons. The maximum atomic E-state index is 13.2. The number of likely N-dealkylation sites (tertiary alicyclic amines) is 1. The molecule has 0 unspecified atom stereocenters. The van der Waals surface area contributed by atoms with Crippen LogP contribution in [0.15, 0.2) is 48.5 Å². The molecule has 29 heavy (non-hydrogen) atoms. The summed E-state index contributed by atoms with van der Waals surface area (Å²) in [5.74, 6) is 0.761. The van der Waals surface area contributed by atoms with Gasteiger partial charge in [0, 0.05) is 44.0 Å². The summed E-state index contributed by atoms with van der Waals surface area (Å²) in [6, 6.07) is 13.2. The van der Waals surface area contributed by atoms with Crippen molar-refractivity contribution in [2.75, 3.05) is 13.1 Å². The second kappa shape index (κ2) is 8.64. The van der Waals surface area contributed by atoms with Gasteiger partial charge in [-0.15, -0.1) is 0 Å². The Bertz CT molecular complexity index is 872. The predicted molar refractivity (Wildman–Crippen MR) is 107 cm³/mol. The number of rotatable bonds is 6. The summed E-state index contributed by atoms with van der Waals surface area (Å²) in [4.78, 5) is 26.4. The zero-order valence-electron chi connectivity index (χ0n) is 16.3. The predicted octanol–water partition coefficient (Wildman–Crippen LogP) is 3.54.